The van der Waals surface area contributed by atoms with Crippen LogP contribution >= 0.6 is 22.9 Å². The van der Waals surface area contributed by atoms with Crippen LogP contribution in [0.2, 0.25) is 5.02 Å². The number of ether oxygens (including phenoxy) is 1. The van der Waals surface area contributed by atoms with Gasteiger partial charge in [0.1, 0.15) is 11.2 Å². The summed E-state index contributed by atoms with van der Waals surface area (Å²) in [4.78, 5) is 14.6. The molecule has 3 aromatic heterocycles. The van der Waals surface area contributed by atoms with Gasteiger partial charge in [0, 0.05) is 11.6 Å². The number of halogens is 1. The van der Waals surface area contributed by atoms with Crippen LogP contribution in [-0.4, -0.2) is 22.1 Å². The summed E-state index contributed by atoms with van der Waals surface area (Å²) in [5, 5.41) is 3.44. The van der Waals surface area contributed by atoms with Crippen molar-refractivity contribution in [1.29, 1.82) is 0 Å². The van der Waals surface area contributed by atoms with Crippen LogP contribution in [0.5, 0.6) is 5.88 Å². The van der Waals surface area contributed by atoms with Gasteiger partial charge in [-0.25, -0.2) is 9.97 Å². The second-order valence-electron chi connectivity index (χ2n) is 4.69. The van der Waals surface area contributed by atoms with Crippen molar-refractivity contribution in [3.63, 3.8) is 0 Å². The zero-order valence-electron chi connectivity index (χ0n) is 11.6. The number of nitrogens with zero attached hydrogens (tertiary/aromatic N) is 3. The fraction of sp³-hybridized carbons (Fsp3) is 0.0625. The topological polar surface area (TPSA) is 47.9 Å². The molecule has 0 bridgehead atoms. The van der Waals surface area contributed by atoms with Crippen LogP contribution in [0.3, 0.4) is 0 Å². The van der Waals surface area contributed by atoms with E-state index in [9.17, 15) is 0 Å². The zero-order chi connectivity index (χ0) is 15.1. The highest BCUT2D eigenvalue weighted by Crippen LogP contribution is 2.35. The first-order valence-electron chi connectivity index (χ1n) is 6.61. The number of benzene rings is 1. The Morgan fingerprint density at radius 1 is 1.14 bits per heavy atom. The lowest BCUT2D eigenvalue weighted by atomic mass is 10.2. The summed E-state index contributed by atoms with van der Waals surface area (Å²) >= 11 is 8.08. The fourth-order valence-corrected chi connectivity index (χ4v) is 3.39. The fourth-order valence-electron chi connectivity index (χ4n) is 2.39. The molecule has 108 valence electrons. The number of rotatable bonds is 2. The Hall–Kier alpha value is -2.24. The summed E-state index contributed by atoms with van der Waals surface area (Å²) in [5.74, 6) is 0.495. The summed E-state index contributed by atoms with van der Waals surface area (Å²) in [5.41, 5.74) is 2.76. The molecule has 0 radical (unpaired) electrons. The molecule has 0 N–H and O–H groups in total. The van der Waals surface area contributed by atoms with Gasteiger partial charge in [0.2, 0.25) is 5.88 Å². The largest absolute Gasteiger partial charge is 0.479 e. The molecule has 4 rings (SSSR count). The first-order chi connectivity index (χ1) is 10.8. The molecule has 0 atom stereocenters. The molecule has 1 aromatic carbocycles. The van der Waals surface area contributed by atoms with E-state index in [1.807, 2.05) is 35.7 Å². The van der Waals surface area contributed by atoms with Gasteiger partial charge in [-0.15, -0.1) is 11.3 Å². The number of pyridine rings is 1. The number of aromatic nitrogens is 3. The van der Waals surface area contributed by atoms with E-state index in [1.54, 1.807) is 24.6 Å². The van der Waals surface area contributed by atoms with Gasteiger partial charge in [-0.05, 0) is 23.6 Å². The molecule has 4 nitrogen and oxygen atoms in total. The summed E-state index contributed by atoms with van der Waals surface area (Å²) in [6.07, 6.45) is 1.72. The Balaban J connectivity index is 2.11. The highest BCUT2D eigenvalue weighted by Gasteiger charge is 2.16. The maximum absolute atomic E-state index is 6.50. The first-order valence-corrected chi connectivity index (χ1v) is 7.86. The maximum atomic E-state index is 6.50. The minimum atomic E-state index is 0.495. The minimum absolute atomic E-state index is 0.495. The van der Waals surface area contributed by atoms with E-state index in [0.717, 1.165) is 15.8 Å². The van der Waals surface area contributed by atoms with E-state index in [1.165, 1.54) is 0 Å². The molecule has 6 heteroatoms. The van der Waals surface area contributed by atoms with Crippen LogP contribution < -0.4 is 4.74 Å². The Kier molecular flexibility index (Phi) is 3.17. The van der Waals surface area contributed by atoms with Gasteiger partial charge < -0.3 is 4.74 Å². The van der Waals surface area contributed by atoms with Crippen LogP contribution in [0, 0.1) is 0 Å². The van der Waals surface area contributed by atoms with Crippen molar-refractivity contribution in [3.05, 3.63) is 46.9 Å². The molecule has 0 aliphatic rings. The molecule has 3 heterocycles. The standard InChI is InChI=1S/C16H10ClN3OS/c1-21-16-15(11-5-3-7-22-11)20-14-10(19-16)8-9-4-2-6-18-13(9)12(14)17/h2-8H,1H3. The van der Waals surface area contributed by atoms with E-state index < -0.39 is 0 Å². The van der Waals surface area contributed by atoms with Crippen LogP contribution in [-0.2, 0) is 0 Å². The monoisotopic (exact) mass is 327 g/mol. The number of fused-ring (bicyclic) bond motifs is 2. The molecule has 0 unspecified atom stereocenters. The highest BCUT2D eigenvalue weighted by molar-refractivity contribution is 7.13. The Labute approximate surface area is 135 Å². The molecular weight excluding hydrogens is 318 g/mol. The van der Waals surface area contributed by atoms with Gasteiger partial charge >= 0.3 is 0 Å². The highest BCUT2D eigenvalue weighted by atomic mass is 35.5. The second-order valence-corrected chi connectivity index (χ2v) is 6.02. The van der Waals surface area contributed by atoms with E-state index in [4.69, 9.17) is 16.3 Å². The van der Waals surface area contributed by atoms with Crippen molar-refractivity contribution in [2.45, 2.75) is 0 Å². The summed E-state index contributed by atoms with van der Waals surface area (Å²) in [7, 11) is 1.59. The van der Waals surface area contributed by atoms with E-state index in [0.29, 0.717) is 27.6 Å². The number of methoxy groups -OCH3 is 1. The molecule has 0 fully saturated rings. The number of thiophene rings is 1. The molecule has 0 amide bonds. The average Bonchev–Trinajstić information content (AvgIpc) is 3.08. The lowest BCUT2D eigenvalue weighted by Crippen LogP contribution is -1.96. The minimum Gasteiger partial charge on any atom is -0.479 e. The van der Waals surface area contributed by atoms with Gasteiger partial charge in [-0.2, -0.15) is 0 Å². The third kappa shape index (κ3) is 2.01. The van der Waals surface area contributed by atoms with E-state index in [2.05, 4.69) is 15.0 Å². The van der Waals surface area contributed by atoms with Crippen LogP contribution in [0.4, 0.5) is 0 Å². The Morgan fingerprint density at radius 2 is 2.05 bits per heavy atom. The number of hydrogen-bond acceptors (Lipinski definition) is 5. The van der Waals surface area contributed by atoms with Crippen molar-refractivity contribution in [3.8, 4) is 16.5 Å². The van der Waals surface area contributed by atoms with Crippen molar-refractivity contribution >= 4 is 44.9 Å². The second kappa shape index (κ2) is 5.19. The first kappa shape index (κ1) is 13.4. The van der Waals surface area contributed by atoms with E-state index in [-0.39, 0.29) is 0 Å². The van der Waals surface area contributed by atoms with Crippen LogP contribution in [0.25, 0.3) is 32.5 Å². The normalized spacial score (nSPS) is 11.2. The molecule has 0 saturated carbocycles. The average molecular weight is 328 g/mol. The number of hydrogen-bond donors (Lipinski definition) is 0. The molecule has 0 saturated heterocycles. The summed E-state index contributed by atoms with van der Waals surface area (Å²) in [6.45, 7) is 0. The predicted octanol–water partition coefficient (Wildman–Crippen LogP) is 4.57. The quantitative estimate of drug-likeness (QED) is 0.506. The predicted molar refractivity (Wildman–Crippen MR) is 89.7 cm³/mol. The SMILES string of the molecule is COc1nc2cc3cccnc3c(Cl)c2nc1-c1cccs1. The maximum Gasteiger partial charge on any atom is 0.241 e. The molecule has 0 spiro atoms. The smallest absolute Gasteiger partial charge is 0.241 e. The molecular formula is C16H10ClN3OS. The van der Waals surface area contributed by atoms with Crippen molar-refractivity contribution in [1.82, 2.24) is 15.0 Å². The van der Waals surface area contributed by atoms with Gasteiger partial charge in [-0.1, -0.05) is 23.7 Å². The lowest BCUT2D eigenvalue weighted by molar-refractivity contribution is 0.400. The zero-order valence-corrected chi connectivity index (χ0v) is 13.1. The van der Waals surface area contributed by atoms with E-state index >= 15 is 0 Å². The van der Waals surface area contributed by atoms with Gasteiger partial charge in [0.05, 0.1) is 28.0 Å². The van der Waals surface area contributed by atoms with Crippen LogP contribution in [0.15, 0.2) is 41.9 Å². The summed E-state index contributed by atoms with van der Waals surface area (Å²) in [6, 6.07) is 9.70. The van der Waals surface area contributed by atoms with Gasteiger partial charge in [-0.3, -0.25) is 4.98 Å². The molecule has 0 aliphatic heterocycles. The van der Waals surface area contributed by atoms with Crippen molar-refractivity contribution < 1.29 is 4.74 Å². The van der Waals surface area contributed by atoms with Crippen LogP contribution in [0.1, 0.15) is 0 Å². The Morgan fingerprint density at radius 3 is 2.82 bits per heavy atom. The Bertz CT molecular complexity index is 986. The third-order valence-electron chi connectivity index (χ3n) is 3.39. The lowest BCUT2D eigenvalue weighted by Gasteiger charge is -2.09. The molecule has 4 aromatic rings. The van der Waals surface area contributed by atoms with Gasteiger partial charge in [0.15, 0.2) is 0 Å². The van der Waals surface area contributed by atoms with Gasteiger partial charge in [0.25, 0.3) is 0 Å². The molecule has 22 heavy (non-hydrogen) atoms. The third-order valence-corrected chi connectivity index (χ3v) is 4.62. The van der Waals surface area contributed by atoms with Crippen molar-refractivity contribution in [2.24, 2.45) is 0 Å². The summed E-state index contributed by atoms with van der Waals surface area (Å²) < 4.78 is 5.40. The van der Waals surface area contributed by atoms with Crippen molar-refractivity contribution in [2.75, 3.05) is 7.11 Å². The molecule has 0 aliphatic carbocycles.